The lowest BCUT2D eigenvalue weighted by Crippen LogP contribution is -2.35. The highest BCUT2D eigenvalue weighted by atomic mass is 16.2. The molecule has 3 N–H and O–H groups in total. The summed E-state index contributed by atoms with van der Waals surface area (Å²) in [5.74, 6) is 2.03. The van der Waals surface area contributed by atoms with Crippen LogP contribution in [0.4, 0.5) is 5.69 Å². The predicted octanol–water partition coefficient (Wildman–Crippen LogP) is 1.04. The minimum absolute atomic E-state index is 0.207. The van der Waals surface area contributed by atoms with Gasteiger partial charge in [0.1, 0.15) is 0 Å². The van der Waals surface area contributed by atoms with Crippen LogP contribution in [0.15, 0.2) is 24.3 Å². The molecule has 4 heteroatoms. The van der Waals surface area contributed by atoms with Crippen LogP contribution in [0, 0.1) is 23.7 Å². The molecule has 1 aromatic carbocycles. The standard InChI is InChI=1S/C13H13N3O/c1-2-3-12(15)13(17)16-11-6-4-10(5-7-11)8-9-14/h1,4-7,12H,3,8,15H2,(H,16,17). The molecule has 0 aromatic heterocycles. The molecular weight excluding hydrogens is 214 g/mol. The maximum atomic E-state index is 11.5. The maximum absolute atomic E-state index is 11.5. The summed E-state index contributed by atoms with van der Waals surface area (Å²) in [5.41, 5.74) is 7.10. The lowest BCUT2D eigenvalue weighted by Gasteiger charge is -2.09. The Hall–Kier alpha value is -2.30. The molecule has 1 amide bonds. The number of carbonyl (C=O) groups is 1. The Labute approximate surface area is 100 Å². The second-order valence-electron chi connectivity index (χ2n) is 3.54. The van der Waals surface area contributed by atoms with Crippen molar-refractivity contribution >= 4 is 11.6 Å². The topological polar surface area (TPSA) is 78.9 Å². The second kappa shape index (κ2) is 6.32. The molecule has 17 heavy (non-hydrogen) atoms. The number of nitriles is 1. The number of carbonyl (C=O) groups excluding carboxylic acids is 1. The summed E-state index contributed by atoms with van der Waals surface area (Å²) in [6.45, 7) is 0. The minimum atomic E-state index is -0.696. The van der Waals surface area contributed by atoms with Gasteiger partial charge in [-0.1, -0.05) is 12.1 Å². The van der Waals surface area contributed by atoms with E-state index in [0.29, 0.717) is 12.1 Å². The van der Waals surface area contributed by atoms with Crippen LogP contribution in [-0.2, 0) is 11.2 Å². The molecule has 1 atom stereocenters. The van der Waals surface area contributed by atoms with Gasteiger partial charge in [-0.3, -0.25) is 4.79 Å². The molecule has 0 saturated carbocycles. The highest BCUT2D eigenvalue weighted by Gasteiger charge is 2.11. The highest BCUT2D eigenvalue weighted by Crippen LogP contribution is 2.10. The van der Waals surface area contributed by atoms with E-state index in [4.69, 9.17) is 17.4 Å². The van der Waals surface area contributed by atoms with Gasteiger partial charge < -0.3 is 11.1 Å². The van der Waals surface area contributed by atoms with E-state index < -0.39 is 6.04 Å². The van der Waals surface area contributed by atoms with E-state index in [0.717, 1.165) is 5.56 Å². The van der Waals surface area contributed by atoms with Crippen molar-refractivity contribution in [2.24, 2.45) is 5.73 Å². The molecule has 1 rings (SSSR count). The fraction of sp³-hybridized carbons (Fsp3) is 0.231. The normalized spacial score (nSPS) is 11.0. The van der Waals surface area contributed by atoms with Crippen LogP contribution in [-0.4, -0.2) is 11.9 Å². The molecular formula is C13H13N3O. The van der Waals surface area contributed by atoms with Crippen LogP contribution in [0.5, 0.6) is 0 Å². The van der Waals surface area contributed by atoms with Gasteiger partial charge in [-0.2, -0.15) is 5.26 Å². The van der Waals surface area contributed by atoms with Crippen molar-refractivity contribution < 1.29 is 4.79 Å². The van der Waals surface area contributed by atoms with Crippen LogP contribution in [0.3, 0.4) is 0 Å². The van der Waals surface area contributed by atoms with Crippen molar-refractivity contribution in [3.63, 3.8) is 0 Å². The van der Waals surface area contributed by atoms with Crippen molar-refractivity contribution in [2.75, 3.05) is 5.32 Å². The Kier molecular flexibility index (Phi) is 4.75. The third-order valence-electron chi connectivity index (χ3n) is 2.18. The lowest BCUT2D eigenvalue weighted by atomic mass is 10.1. The third-order valence-corrected chi connectivity index (χ3v) is 2.18. The summed E-state index contributed by atoms with van der Waals surface area (Å²) in [5, 5.41) is 11.2. The largest absolute Gasteiger partial charge is 0.325 e. The van der Waals surface area contributed by atoms with E-state index in [2.05, 4.69) is 11.2 Å². The number of benzene rings is 1. The van der Waals surface area contributed by atoms with Crippen molar-refractivity contribution in [3.05, 3.63) is 29.8 Å². The number of anilines is 1. The zero-order chi connectivity index (χ0) is 12.7. The predicted molar refractivity (Wildman–Crippen MR) is 65.8 cm³/mol. The maximum Gasteiger partial charge on any atom is 0.242 e. The van der Waals surface area contributed by atoms with Gasteiger partial charge in [0.25, 0.3) is 0 Å². The number of amides is 1. The summed E-state index contributed by atoms with van der Waals surface area (Å²) < 4.78 is 0. The molecule has 0 bridgehead atoms. The molecule has 0 heterocycles. The second-order valence-corrected chi connectivity index (χ2v) is 3.54. The first-order valence-electron chi connectivity index (χ1n) is 5.13. The number of terminal acetylenes is 1. The summed E-state index contributed by atoms with van der Waals surface area (Å²) in [6, 6.07) is 8.38. The Balaban J connectivity index is 2.61. The van der Waals surface area contributed by atoms with E-state index in [1.54, 1.807) is 24.3 Å². The quantitative estimate of drug-likeness (QED) is 0.754. The van der Waals surface area contributed by atoms with Crippen molar-refractivity contribution in [1.29, 1.82) is 5.26 Å². The number of hydrogen-bond donors (Lipinski definition) is 2. The molecule has 0 aliphatic rings. The number of nitrogens with zero attached hydrogens (tertiary/aromatic N) is 1. The SMILES string of the molecule is C#CCC(N)C(=O)Nc1ccc(CC#N)cc1. The molecule has 1 aromatic rings. The summed E-state index contributed by atoms with van der Waals surface area (Å²) in [6.07, 6.45) is 5.63. The van der Waals surface area contributed by atoms with Crippen LogP contribution in [0.25, 0.3) is 0 Å². The van der Waals surface area contributed by atoms with Crippen LogP contribution in [0.1, 0.15) is 12.0 Å². The zero-order valence-corrected chi connectivity index (χ0v) is 9.31. The lowest BCUT2D eigenvalue weighted by molar-refractivity contribution is -0.117. The van der Waals surface area contributed by atoms with Crippen molar-refractivity contribution in [2.45, 2.75) is 18.9 Å². The van der Waals surface area contributed by atoms with Gasteiger partial charge in [0.15, 0.2) is 0 Å². The summed E-state index contributed by atoms with van der Waals surface area (Å²) in [7, 11) is 0. The first kappa shape index (κ1) is 12.8. The molecule has 86 valence electrons. The monoisotopic (exact) mass is 227 g/mol. The molecule has 0 fully saturated rings. The van der Waals surface area contributed by atoms with E-state index in [9.17, 15) is 4.79 Å². The average Bonchev–Trinajstić information content (AvgIpc) is 2.32. The number of nitrogens with two attached hydrogens (primary N) is 1. The fourth-order valence-electron chi connectivity index (χ4n) is 1.25. The van der Waals surface area contributed by atoms with E-state index >= 15 is 0 Å². The van der Waals surface area contributed by atoms with E-state index in [-0.39, 0.29) is 12.3 Å². The van der Waals surface area contributed by atoms with E-state index in [1.807, 2.05) is 6.07 Å². The third kappa shape index (κ3) is 3.98. The Morgan fingerprint density at radius 2 is 2.12 bits per heavy atom. The Morgan fingerprint density at radius 3 is 2.65 bits per heavy atom. The highest BCUT2D eigenvalue weighted by molar-refractivity contribution is 5.94. The zero-order valence-electron chi connectivity index (χ0n) is 9.31. The van der Waals surface area contributed by atoms with Crippen molar-refractivity contribution in [3.8, 4) is 18.4 Å². The first-order valence-corrected chi connectivity index (χ1v) is 5.13. The van der Waals surface area contributed by atoms with Crippen molar-refractivity contribution in [1.82, 2.24) is 0 Å². The first-order chi connectivity index (χ1) is 8.17. The summed E-state index contributed by atoms with van der Waals surface area (Å²) in [4.78, 5) is 11.5. The summed E-state index contributed by atoms with van der Waals surface area (Å²) >= 11 is 0. The van der Waals surface area contributed by atoms with Gasteiger partial charge in [-0.05, 0) is 17.7 Å². The van der Waals surface area contributed by atoms with Crippen LogP contribution in [0.2, 0.25) is 0 Å². The van der Waals surface area contributed by atoms with Crippen LogP contribution >= 0.6 is 0 Å². The van der Waals surface area contributed by atoms with Gasteiger partial charge >= 0.3 is 0 Å². The van der Waals surface area contributed by atoms with Gasteiger partial charge in [0.2, 0.25) is 5.91 Å². The molecule has 1 unspecified atom stereocenters. The molecule has 0 spiro atoms. The molecule has 0 saturated heterocycles. The number of nitrogens with one attached hydrogen (secondary N) is 1. The van der Waals surface area contributed by atoms with Gasteiger partial charge in [-0.25, -0.2) is 0 Å². The average molecular weight is 227 g/mol. The van der Waals surface area contributed by atoms with Crippen LogP contribution < -0.4 is 11.1 Å². The van der Waals surface area contributed by atoms with Gasteiger partial charge in [-0.15, -0.1) is 12.3 Å². The Bertz CT molecular complexity index is 465. The Morgan fingerprint density at radius 1 is 1.47 bits per heavy atom. The fourth-order valence-corrected chi connectivity index (χ4v) is 1.25. The molecule has 0 aliphatic carbocycles. The molecule has 0 aliphatic heterocycles. The number of hydrogen-bond acceptors (Lipinski definition) is 3. The van der Waals surface area contributed by atoms with Gasteiger partial charge in [0.05, 0.1) is 18.5 Å². The molecule has 4 nitrogen and oxygen atoms in total. The van der Waals surface area contributed by atoms with Gasteiger partial charge in [0, 0.05) is 12.1 Å². The minimum Gasteiger partial charge on any atom is -0.325 e. The number of rotatable bonds is 4. The molecule has 0 radical (unpaired) electrons. The van der Waals surface area contributed by atoms with E-state index in [1.165, 1.54) is 0 Å². The smallest absolute Gasteiger partial charge is 0.242 e.